The Morgan fingerprint density at radius 3 is 1.59 bits per heavy atom. The first-order valence-corrected chi connectivity index (χ1v) is 19.0. The van der Waals surface area contributed by atoms with Gasteiger partial charge in [-0.05, 0) is 62.7 Å². The average molecular weight is 715 g/mol. The quantitative estimate of drug-likeness (QED) is 0.172. The lowest BCUT2D eigenvalue weighted by atomic mass is 9.67. The lowest BCUT2D eigenvalue weighted by Gasteiger charge is -2.34. The van der Waals surface area contributed by atoms with Crippen molar-refractivity contribution in [2.45, 2.75) is 5.41 Å². The molecule has 1 aliphatic carbocycles. The van der Waals surface area contributed by atoms with Crippen LogP contribution in [0.2, 0.25) is 0 Å². The van der Waals surface area contributed by atoms with Crippen molar-refractivity contribution in [3.8, 4) is 51.0 Å². The molecule has 0 spiro atoms. The van der Waals surface area contributed by atoms with Crippen LogP contribution in [-0.4, -0.2) is 19.5 Å². The highest BCUT2D eigenvalue weighted by Gasteiger charge is 2.46. The number of para-hydroxylation sites is 1. The standard InChI is InChI=1S/C52H34N4/c1-4-17-35(18-5-1)37-21-16-22-38(33-37)50-53-49(36-19-6-2-7-20-36)54-51(55-50)56-47-30-15-12-27-43(47)44-32-31-40(34-48(44)56)52(39-23-8-3-9-24-39)45-28-13-10-25-41(45)42-26-11-14-29-46(42)52/h1-34H. The molecule has 11 rings (SSSR count). The van der Waals surface area contributed by atoms with E-state index in [-0.39, 0.29) is 0 Å². The predicted octanol–water partition coefficient (Wildman–Crippen LogP) is 12.3. The van der Waals surface area contributed by atoms with Crippen LogP contribution in [0.5, 0.6) is 0 Å². The first-order valence-electron chi connectivity index (χ1n) is 19.0. The molecule has 0 fully saturated rings. The maximum atomic E-state index is 5.32. The van der Waals surface area contributed by atoms with E-state index in [4.69, 9.17) is 15.0 Å². The van der Waals surface area contributed by atoms with Gasteiger partial charge in [-0.1, -0.05) is 188 Å². The van der Waals surface area contributed by atoms with E-state index in [1.54, 1.807) is 0 Å². The maximum Gasteiger partial charge on any atom is 0.238 e. The van der Waals surface area contributed by atoms with E-state index in [0.29, 0.717) is 17.6 Å². The summed E-state index contributed by atoms with van der Waals surface area (Å²) in [6.07, 6.45) is 0. The van der Waals surface area contributed by atoms with Gasteiger partial charge in [0.1, 0.15) is 0 Å². The van der Waals surface area contributed by atoms with Crippen molar-refractivity contribution in [1.82, 2.24) is 19.5 Å². The predicted molar refractivity (Wildman–Crippen MR) is 228 cm³/mol. The molecule has 2 aromatic heterocycles. The molecule has 0 unspecified atom stereocenters. The molecule has 1 aliphatic rings. The van der Waals surface area contributed by atoms with Crippen molar-refractivity contribution in [2.24, 2.45) is 0 Å². The van der Waals surface area contributed by atoms with Gasteiger partial charge in [-0.15, -0.1) is 0 Å². The minimum atomic E-state index is -0.540. The zero-order valence-corrected chi connectivity index (χ0v) is 30.4. The summed E-state index contributed by atoms with van der Waals surface area (Å²) in [5, 5.41) is 2.28. The van der Waals surface area contributed by atoms with E-state index >= 15 is 0 Å². The molecule has 2 heterocycles. The molecule has 4 heteroatoms. The molecule has 0 N–H and O–H groups in total. The Morgan fingerprint density at radius 1 is 0.339 bits per heavy atom. The number of nitrogens with zero attached hydrogens (tertiary/aromatic N) is 4. The number of fused-ring (bicyclic) bond motifs is 6. The second-order valence-corrected chi connectivity index (χ2v) is 14.4. The van der Waals surface area contributed by atoms with E-state index in [2.05, 4.69) is 187 Å². The van der Waals surface area contributed by atoms with Crippen molar-refractivity contribution < 1.29 is 0 Å². The minimum Gasteiger partial charge on any atom is -0.278 e. The summed E-state index contributed by atoms with van der Waals surface area (Å²) < 4.78 is 2.23. The number of benzene rings is 8. The van der Waals surface area contributed by atoms with Crippen molar-refractivity contribution in [3.63, 3.8) is 0 Å². The van der Waals surface area contributed by atoms with Crippen LogP contribution >= 0.6 is 0 Å². The van der Waals surface area contributed by atoms with Crippen LogP contribution < -0.4 is 0 Å². The zero-order chi connectivity index (χ0) is 37.1. The summed E-state index contributed by atoms with van der Waals surface area (Å²) in [4.78, 5) is 15.7. The molecule has 0 saturated heterocycles. The molecular formula is C52H34N4. The summed E-state index contributed by atoms with van der Waals surface area (Å²) >= 11 is 0. The van der Waals surface area contributed by atoms with Crippen LogP contribution in [0.25, 0.3) is 72.8 Å². The summed E-state index contributed by atoms with van der Waals surface area (Å²) in [5.41, 5.74) is 13.1. The van der Waals surface area contributed by atoms with E-state index in [9.17, 15) is 0 Å². The lowest BCUT2D eigenvalue weighted by molar-refractivity contribution is 0.769. The minimum absolute atomic E-state index is 0.540. The molecule has 56 heavy (non-hydrogen) atoms. The third-order valence-electron chi connectivity index (χ3n) is 11.3. The summed E-state index contributed by atoms with van der Waals surface area (Å²) in [7, 11) is 0. The third kappa shape index (κ3) is 4.89. The second kappa shape index (κ2) is 12.9. The van der Waals surface area contributed by atoms with Crippen molar-refractivity contribution >= 4 is 21.8 Å². The van der Waals surface area contributed by atoms with Gasteiger partial charge in [-0.25, -0.2) is 4.98 Å². The highest BCUT2D eigenvalue weighted by molar-refractivity contribution is 6.09. The van der Waals surface area contributed by atoms with E-state index < -0.39 is 5.41 Å². The molecule has 0 bridgehead atoms. The van der Waals surface area contributed by atoms with Gasteiger partial charge < -0.3 is 0 Å². The fraction of sp³-hybridized carbons (Fsp3) is 0.0192. The highest BCUT2D eigenvalue weighted by Crippen LogP contribution is 2.56. The molecule has 8 aromatic carbocycles. The van der Waals surface area contributed by atoms with Crippen molar-refractivity contribution in [1.29, 1.82) is 0 Å². The molecule has 262 valence electrons. The fourth-order valence-electron chi connectivity index (χ4n) is 8.91. The van der Waals surface area contributed by atoms with E-state index in [1.807, 2.05) is 24.3 Å². The Balaban J connectivity index is 1.20. The molecule has 10 aromatic rings. The van der Waals surface area contributed by atoms with Crippen LogP contribution in [0.1, 0.15) is 22.3 Å². The number of rotatable bonds is 6. The maximum absolute atomic E-state index is 5.32. The van der Waals surface area contributed by atoms with Gasteiger partial charge in [0.2, 0.25) is 5.95 Å². The summed E-state index contributed by atoms with van der Waals surface area (Å²) in [5.74, 6) is 1.81. The highest BCUT2D eigenvalue weighted by atomic mass is 15.2. The van der Waals surface area contributed by atoms with Crippen molar-refractivity contribution in [2.75, 3.05) is 0 Å². The van der Waals surface area contributed by atoms with E-state index in [0.717, 1.165) is 44.1 Å². The number of aromatic nitrogens is 4. The van der Waals surface area contributed by atoms with Gasteiger partial charge in [0.25, 0.3) is 0 Å². The first kappa shape index (κ1) is 32.0. The molecule has 0 radical (unpaired) electrons. The van der Waals surface area contributed by atoms with Crippen molar-refractivity contribution in [3.05, 3.63) is 229 Å². The van der Waals surface area contributed by atoms with Crippen LogP contribution in [0.15, 0.2) is 206 Å². The lowest BCUT2D eigenvalue weighted by Crippen LogP contribution is -2.28. The Hall–Kier alpha value is -7.43. The smallest absolute Gasteiger partial charge is 0.238 e. The van der Waals surface area contributed by atoms with Gasteiger partial charge in [0, 0.05) is 21.9 Å². The average Bonchev–Trinajstić information content (AvgIpc) is 3.78. The molecule has 0 aliphatic heterocycles. The normalized spacial score (nSPS) is 12.8. The first-order chi connectivity index (χ1) is 27.8. The van der Waals surface area contributed by atoms with Gasteiger partial charge in [-0.3, -0.25) is 4.57 Å². The third-order valence-corrected chi connectivity index (χ3v) is 11.3. The Kier molecular flexibility index (Phi) is 7.36. The molecule has 0 amide bonds. The van der Waals surface area contributed by atoms with Crippen LogP contribution in [0.4, 0.5) is 0 Å². The van der Waals surface area contributed by atoms with Crippen LogP contribution in [-0.2, 0) is 5.41 Å². The van der Waals surface area contributed by atoms with Gasteiger partial charge in [-0.2, -0.15) is 9.97 Å². The van der Waals surface area contributed by atoms with Gasteiger partial charge >= 0.3 is 0 Å². The molecule has 4 nitrogen and oxygen atoms in total. The van der Waals surface area contributed by atoms with Gasteiger partial charge in [0.05, 0.1) is 16.4 Å². The van der Waals surface area contributed by atoms with E-state index in [1.165, 1.54) is 33.4 Å². The van der Waals surface area contributed by atoms with Crippen LogP contribution in [0.3, 0.4) is 0 Å². The van der Waals surface area contributed by atoms with Gasteiger partial charge in [0.15, 0.2) is 11.6 Å². The molecule has 0 saturated carbocycles. The molecule has 0 atom stereocenters. The number of hydrogen-bond acceptors (Lipinski definition) is 3. The second-order valence-electron chi connectivity index (χ2n) is 14.4. The summed E-state index contributed by atoms with van der Waals surface area (Å²) in [6, 6.07) is 73.4. The Morgan fingerprint density at radius 2 is 0.875 bits per heavy atom. The SMILES string of the molecule is c1ccc(-c2cccc(-c3nc(-c4ccccc4)nc(-n4c5ccccc5c5ccc(C6(c7ccccc7)c7ccccc7-c7ccccc76)cc54)n3)c2)cc1. The molecular weight excluding hydrogens is 681 g/mol. The Labute approximate surface area is 325 Å². The fourth-order valence-corrected chi connectivity index (χ4v) is 8.91. The zero-order valence-electron chi connectivity index (χ0n) is 30.4. The largest absolute Gasteiger partial charge is 0.278 e. The Bertz CT molecular complexity index is 3030. The summed E-state index contributed by atoms with van der Waals surface area (Å²) in [6.45, 7) is 0. The van der Waals surface area contributed by atoms with Crippen LogP contribution in [0, 0.1) is 0 Å². The topological polar surface area (TPSA) is 43.6 Å². The monoisotopic (exact) mass is 714 g/mol. The number of hydrogen-bond donors (Lipinski definition) is 0.